The molecule has 6 heteroatoms. The lowest BCUT2D eigenvalue weighted by Crippen LogP contribution is -2.38. The Balaban J connectivity index is 1.69. The molecule has 1 amide bonds. The van der Waals surface area contributed by atoms with Gasteiger partial charge in [0.05, 0.1) is 10.6 Å². The van der Waals surface area contributed by atoms with E-state index in [0.717, 1.165) is 27.8 Å². The Hall–Kier alpha value is -3.90. The number of sulfonamides is 1. The number of nitrogens with zero attached hydrogens (tertiary/aromatic N) is 1. The molecule has 35 heavy (non-hydrogen) atoms. The summed E-state index contributed by atoms with van der Waals surface area (Å²) >= 11 is 0. The highest BCUT2D eigenvalue weighted by Gasteiger charge is 2.28. The zero-order chi connectivity index (χ0) is 25.0. The molecule has 178 valence electrons. The predicted octanol–water partition coefficient (Wildman–Crippen LogP) is 6.11. The van der Waals surface area contributed by atoms with Crippen molar-refractivity contribution in [3.8, 4) is 11.1 Å². The third kappa shape index (κ3) is 5.61. The summed E-state index contributed by atoms with van der Waals surface area (Å²) in [6.45, 7) is 5.35. The fraction of sp³-hybridized carbons (Fsp3) is 0.138. The molecular weight excluding hydrogens is 456 g/mol. The van der Waals surface area contributed by atoms with E-state index in [2.05, 4.69) is 5.32 Å². The second kappa shape index (κ2) is 10.2. The second-order valence-electron chi connectivity index (χ2n) is 8.63. The van der Waals surface area contributed by atoms with Gasteiger partial charge in [0.25, 0.3) is 10.0 Å². The third-order valence-electron chi connectivity index (χ3n) is 5.68. The molecule has 0 radical (unpaired) electrons. The van der Waals surface area contributed by atoms with Gasteiger partial charge in [0.15, 0.2) is 0 Å². The average molecular weight is 485 g/mol. The zero-order valence-electron chi connectivity index (χ0n) is 20.0. The molecule has 4 aromatic rings. The van der Waals surface area contributed by atoms with E-state index in [4.69, 9.17) is 0 Å². The Morgan fingerprint density at radius 3 is 2.00 bits per heavy atom. The number of amides is 1. The van der Waals surface area contributed by atoms with Crippen molar-refractivity contribution in [2.45, 2.75) is 25.7 Å². The zero-order valence-corrected chi connectivity index (χ0v) is 20.8. The lowest BCUT2D eigenvalue weighted by molar-refractivity contribution is -0.114. The fourth-order valence-electron chi connectivity index (χ4n) is 4.03. The summed E-state index contributed by atoms with van der Waals surface area (Å²) in [5.74, 6) is -0.428. The minimum atomic E-state index is -3.98. The Labute approximate surface area is 207 Å². The maximum atomic E-state index is 13.7. The van der Waals surface area contributed by atoms with Crippen LogP contribution < -0.4 is 9.62 Å². The molecule has 0 saturated carbocycles. The molecular formula is C29H28N2O3S. The molecule has 0 fully saturated rings. The van der Waals surface area contributed by atoms with Gasteiger partial charge >= 0.3 is 0 Å². The molecule has 0 aliphatic carbocycles. The molecule has 5 nitrogen and oxygen atoms in total. The van der Waals surface area contributed by atoms with Crippen LogP contribution in [0.5, 0.6) is 0 Å². The van der Waals surface area contributed by atoms with E-state index < -0.39 is 15.9 Å². The normalized spacial score (nSPS) is 11.2. The van der Waals surface area contributed by atoms with Gasteiger partial charge in [-0.1, -0.05) is 72.3 Å². The molecule has 0 aliphatic rings. The Kier molecular flexibility index (Phi) is 7.03. The maximum Gasteiger partial charge on any atom is 0.264 e. The van der Waals surface area contributed by atoms with Crippen LogP contribution in [0.4, 0.5) is 11.4 Å². The number of aryl methyl sites for hydroxylation is 3. The standard InChI is InChI=1S/C29H28N2O3S/c1-21-13-15-26(16-14-21)35(33,34)31(25-18-22(2)17-23(3)19-25)20-29(32)30-28-12-8-7-11-27(28)24-9-5-4-6-10-24/h4-19H,20H2,1-3H3,(H,30,32). The van der Waals surface area contributed by atoms with Crippen molar-refractivity contribution in [2.75, 3.05) is 16.2 Å². The SMILES string of the molecule is Cc1ccc(S(=O)(=O)N(CC(=O)Nc2ccccc2-c2ccccc2)c2cc(C)cc(C)c2)cc1. The number of rotatable bonds is 7. The van der Waals surface area contributed by atoms with Gasteiger partial charge in [-0.25, -0.2) is 8.42 Å². The van der Waals surface area contributed by atoms with Crippen molar-refractivity contribution in [3.05, 3.63) is 114 Å². The topological polar surface area (TPSA) is 66.5 Å². The van der Waals surface area contributed by atoms with Crippen molar-refractivity contribution in [1.29, 1.82) is 0 Å². The molecule has 0 saturated heterocycles. The smallest absolute Gasteiger partial charge is 0.264 e. The van der Waals surface area contributed by atoms with E-state index in [0.29, 0.717) is 11.4 Å². The minimum Gasteiger partial charge on any atom is -0.324 e. The molecule has 0 aliphatic heterocycles. The lowest BCUT2D eigenvalue weighted by Gasteiger charge is -2.25. The summed E-state index contributed by atoms with van der Waals surface area (Å²) in [5.41, 5.74) is 5.68. The van der Waals surface area contributed by atoms with Gasteiger partial charge in [0, 0.05) is 11.3 Å². The summed E-state index contributed by atoms with van der Waals surface area (Å²) in [7, 11) is -3.98. The minimum absolute atomic E-state index is 0.139. The summed E-state index contributed by atoms with van der Waals surface area (Å²) < 4.78 is 28.6. The van der Waals surface area contributed by atoms with Gasteiger partial charge < -0.3 is 5.32 Å². The van der Waals surface area contributed by atoms with Crippen LogP contribution in [0, 0.1) is 20.8 Å². The molecule has 0 atom stereocenters. The van der Waals surface area contributed by atoms with Crippen LogP contribution in [0.1, 0.15) is 16.7 Å². The number of hydrogen-bond donors (Lipinski definition) is 1. The summed E-state index contributed by atoms with van der Waals surface area (Å²) in [5, 5.41) is 2.93. The number of hydrogen-bond acceptors (Lipinski definition) is 3. The van der Waals surface area contributed by atoms with Crippen LogP contribution in [0.25, 0.3) is 11.1 Å². The largest absolute Gasteiger partial charge is 0.324 e. The van der Waals surface area contributed by atoms with Crippen molar-refractivity contribution in [2.24, 2.45) is 0 Å². The Morgan fingerprint density at radius 1 is 0.743 bits per heavy atom. The first-order valence-corrected chi connectivity index (χ1v) is 12.8. The highest BCUT2D eigenvalue weighted by molar-refractivity contribution is 7.92. The molecule has 0 spiro atoms. The fourth-order valence-corrected chi connectivity index (χ4v) is 5.43. The van der Waals surface area contributed by atoms with Gasteiger partial charge in [-0.05, 0) is 67.8 Å². The highest BCUT2D eigenvalue weighted by Crippen LogP contribution is 2.29. The van der Waals surface area contributed by atoms with Crippen molar-refractivity contribution in [1.82, 2.24) is 0 Å². The quantitative estimate of drug-likeness (QED) is 0.344. The first kappa shape index (κ1) is 24.2. The number of carbonyl (C=O) groups excluding carboxylic acids is 1. The third-order valence-corrected chi connectivity index (χ3v) is 7.46. The lowest BCUT2D eigenvalue weighted by atomic mass is 10.0. The van der Waals surface area contributed by atoms with Gasteiger partial charge in [0.1, 0.15) is 6.54 Å². The molecule has 0 bridgehead atoms. The highest BCUT2D eigenvalue weighted by atomic mass is 32.2. The first-order valence-electron chi connectivity index (χ1n) is 11.4. The van der Waals surface area contributed by atoms with E-state index in [9.17, 15) is 13.2 Å². The Morgan fingerprint density at radius 2 is 1.34 bits per heavy atom. The summed E-state index contributed by atoms with van der Waals surface area (Å²) in [6, 6.07) is 29.4. The molecule has 0 aromatic heterocycles. The number of anilines is 2. The number of para-hydroxylation sites is 1. The van der Waals surface area contributed by atoms with Crippen LogP contribution in [0.3, 0.4) is 0 Å². The van der Waals surface area contributed by atoms with Gasteiger partial charge in [-0.15, -0.1) is 0 Å². The van der Waals surface area contributed by atoms with Gasteiger partial charge in [-0.3, -0.25) is 9.10 Å². The number of nitrogens with one attached hydrogen (secondary N) is 1. The predicted molar refractivity (Wildman–Crippen MR) is 142 cm³/mol. The van der Waals surface area contributed by atoms with E-state index >= 15 is 0 Å². The average Bonchev–Trinajstić information content (AvgIpc) is 2.83. The van der Waals surface area contributed by atoms with Crippen molar-refractivity contribution >= 4 is 27.3 Å². The van der Waals surface area contributed by atoms with Crippen LogP contribution in [0.15, 0.2) is 102 Å². The monoisotopic (exact) mass is 484 g/mol. The van der Waals surface area contributed by atoms with E-state index in [-0.39, 0.29) is 11.4 Å². The number of carbonyl (C=O) groups is 1. The van der Waals surface area contributed by atoms with Crippen LogP contribution in [-0.4, -0.2) is 20.9 Å². The van der Waals surface area contributed by atoms with Gasteiger partial charge in [0.2, 0.25) is 5.91 Å². The molecule has 4 aromatic carbocycles. The molecule has 4 rings (SSSR count). The molecule has 1 N–H and O–H groups in total. The van der Waals surface area contributed by atoms with Crippen LogP contribution >= 0.6 is 0 Å². The summed E-state index contributed by atoms with van der Waals surface area (Å²) in [6.07, 6.45) is 0. The van der Waals surface area contributed by atoms with Gasteiger partial charge in [-0.2, -0.15) is 0 Å². The Bertz CT molecular complexity index is 1430. The van der Waals surface area contributed by atoms with E-state index in [1.54, 1.807) is 36.4 Å². The van der Waals surface area contributed by atoms with Crippen LogP contribution in [-0.2, 0) is 14.8 Å². The second-order valence-corrected chi connectivity index (χ2v) is 10.5. The van der Waals surface area contributed by atoms with Crippen molar-refractivity contribution < 1.29 is 13.2 Å². The van der Waals surface area contributed by atoms with E-state index in [1.165, 1.54) is 4.31 Å². The van der Waals surface area contributed by atoms with Crippen molar-refractivity contribution in [3.63, 3.8) is 0 Å². The molecule has 0 heterocycles. The maximum absolute atomic E-state index is 13.7. The molecule has 0 unspecified atom stereocenters. The van der Waals surface area contributed by atoms with E-state index in [1.807, 2.05) is 81.4 Å². The number of benzene rings is 4. The summed E-state index contributed by atoms with van der Waals surface area (Å²) in [4.78, 5) is 13.4. The van der Waals surface area contributed by atoms with Crippen LogP contribution in [0.2, 0.25) is 0 Å². The first-order chi connectivity index (χ1) is 16.7.